The molecule has 0 aliphatic rings. The summed E-state index contributed by atoms with van der Waals surface area (Å²) in [4.78, 5) is 4.17. The van der Waals surface area contributed by atoms with Gasteiger partial charge < -0.3 is 9.80 Å². The summed E-state index contributed by atoms with van der Waals surface area (Å²) >= 11 is 0. The number of nitrogens with zero attached hydrogens (tertiary/aromatic N) is 3. The minimum absolute atomic E-state index is 0.141. The van der Waals surface area contributed by atoms with Crippen LogP contribution < -0.4 is 4.90 Å². The molecule has 4 heteroatoms. The third-order valence-electron chi connectivity index (χ3n) is 2.85. The highest BCUT2D eigenvalue weighted by Gasteiger charge is 2.15. The van der Waals surface area contributed by atoms with Gasteiger partial charge in [0.1, 0.15) is 17.4 Å². The van der Waals surface area contributed by atoms with E-state index in [1.165, 1.54) is 6.07 Å². The van der Waals surface area contributed by atoms with E-state index in [2.05, 4.69) is 23.6 Å². The number of rotatable bonds is 6. The van der Waals surface area contributed by atoms with Gasteiger partial charge in [-0.1, -0.05) is 19.9 Å². The van der Waals surface area contributed by atoms with Gasteiger partial charge >= 0.3 is 0 Å². The van der Waals surface area contributed by atoms with Gasteiger partial charge in [0.15, 0.2) is 0 Å². The van der Waals surface area contributed by atoms with Crippen molar-refractivity contribution in [3.05, 3.63) is 29.6 Å². The van der Waals surface area contributed by atoms with Crippen LogP contribution in [0.4, 0.5) is 10.1 Å². The number of hydrogen-bond donors (Lipinski definition) is 0. The molecule has 0 unspecified atom stereocenters. The Bertz CT molecular complexity index is 449. The highest BCUT2D eigenvalue weighted by Crippen LogP contribution is 2.23. The Balaban J connectivity index is 3.03. The smallest absolute Gasteiger partial charge is 0.143 e. The average molecular weight is 263 g/mol. The Kier molecular flexibility index (Phi) is 5.78. The molecular weight excluding hydrogens is 241 g/mol. The minimum atomic E-state index is -0.446. The third kappa shape index (κ3) is 4.53. The summed E-state index contributed by atoms with van der Waals surface area (Å²) in [6.07, 6.45) is 0. The molecule has 0 atom stereocenters. The number of likely N-dealkylation sites (N-methyl/N-ethyl adjacent to an activating group) is 1. The van der Waals surface area contributed by atoms with Crippen LogP contribution in [0.25, 0.3) is 0 Å². The molecule has 19 heavy (non-hydrogen) atoms. The van der Waals surface area contributed by atoms with E-state index in [-0.39, 0.29) is 5.56 Å². The molecule has 0 aromatic heterocycles. The van der Waals surface area contributed by atoms with Crippen LogP contribution in [0.5, 0.6) is 0 Å². The zero-order chi connectivity index (χ0) is 14.4. The Morgan fingerprint density at radius 2 is 1.95 bits per heavy atom. The summed E-state index contributed by atoms with van der Waals surface area (Å²) in [5.41, 5.74) is 0.833. The van der Waals surface area contributed by atoms with Crippen molar-refractivity contribution in [3.63, 3.8) is 0 Å². The second-order valence-electron chi connectivity index (χ2n) is 5.39. The van der Waals surface area contributed by atoms with E-state index >= 15 is 0 Å². The van der Waals surface area contributed by atoms with Crippen molar-refractivity contribution in [2.45, 2.75) is 13.8 Å². The van der Waals surface area contributed by atoms with Crippen LogP contribution in [0, 0.1) is 23.1 Å². The lowest BCUT2D eigenvalue weighted by Gasteiger charge is -2.28. The Labute approximate surface area is 115 Å². The fourth-order valence-corrected chi connectivity index (χ4v) is 1.96. The maximum Gasteiger partial charge on any atom is 0.143 e. The quantitative estimate of drug-likeness (QED) is 0.790. The first-order chi connectivity index (χ1) is 8.95. The fourth-order valence-electron chi connectivity index (χ4n) is 1.96. The number of benzene rings is 1. The largest absolute Gasteiger partial charge is 0.369 e. The van der Waals surface area contributed by atoms with E-state index in [0.29, 0.717) is 11.6 Å². The first-order valence-corrected chi connectivity index (χ1v) is 6.54. The average Bonchev–Trinajstić information content (AvgIpc) is 2.33. The molecule has 0 bridgehead atoms. The normalized spacial score (nSPS) is 10.8. The minimum Gasteiger partial charge on any atom is -0.369 e. The Morgan fingerprint density at radius 3 is 2.47 bits per heavy atom. The van der Waals surface area contributed by atoms with Gasteiger partial charge in [-0.25, -0.2) is 4.39 Å². The van der Waals surface area contributed by atoms with E-state index in [9.17, 15) is 4.39 Å². The van der Waals surface area contributed by atoms with Crippen LogP contribution in [0.3, 0.4) is 0 Å². The predicted molar refractivity (Wildman–Crippen MR) is 76.7 cm³/mol. The summed E-state index contributed by atoms with van der Waals surface area (Å²) in [7, 11) is 4.01. The molecule has 104 valence electrons. The standard InChI is InChI=1S/C15H22FN3/c1-12(2)11-19(9-8-18(3)4)15-7-5-6-14(16)13(15)10-17/h5-7,12H,8-9,11H2,1-4H3. The van der Waals surface area contributed by atoms with Gasteiger partial charge in [-0.2, -0.15) is 5.26 Å². The molecule has 0 fully saturated rings. The van der Waals surface area contributed by atoms with Crippen LogP contribution >= 0.6 is 0 Å². The number of hydrogen-bond acceptors (Lipinski definition) is 3. The van der Waals surface area contributed by atoms with Crippen molar-refractivity contribution in [1.29, 1.82) is 5.26 Å². The summed E-state index contributed by atoms with van der Waals surface area (Å²) in [6.45, 7) is 6.70. The van der Waals surface area contributed by atoms with Gasteiger partial charge in [0, 0.05) is 19.6 Å². The second kappa shape index (κ2) is 7.10. The predicted octanol–water partition coefficient (Wildman–Crippen LogP) is 2.72. The Hall–Kier alpha value is -1.60. The van der Waals surface area contributed by atoms with Crippen molar-refractivity contribution >= 4 is 5.69 Å². The maximum atomic E-state index is 13.7. The molecule has 0 saturated heterocycles. The molecule has 0 aliphatic carbocycles. The lowest BCUT2D eigenvalue weighted by Crippen LogP contribution is -2.35. The molecule has 1 rings (SSSR count). The third-order valence-corrected chi connectivity index (χ3v) is 2.85. The van der Waals surface area contributed by atoms with Crippen molar-refractivity contribution in [3.8, 4) is 6.07 Å². The molecule has 0 radical (unpaired) electrons. The summed E-state index contributed by atoms with van der Waals surface area (Å²) in [5, 5.41) is 9.13. The number of nitriles is 1. The zero-order valence-electron chi connectivity index (χ0n) is 12.2. The monoisotopic (exact) mass is 263 g/mol. The van der Waals surface area contributed by atoms with E-state index < -0.39 is 5.82 Å². The molecule has 0 saturated carbocycles. The SMILES string of the molecule is CC(C)CN(CCN(C)C)c1cccc(F)c1C#N. The highest BCUT2D eigenvalue weighted by molar-refractivity contribution is 5.59. The first kappa shape index (κ1) is 15.5. The maximum absolute atomic E-state index is 13.7. The van der Waals surface area contributed by atoms with E-state index in [1.807, 2.05) is 26.2 Å². The van der Waals surface area contributed by atoms with Crippen molar-refractivity contribution in [2.75, 3.05) is 38.6 Å². The molecule has 0 heterocycles. The van der Waals surface area contributed by atoms with E-state index in [4.69, 9.17) is 5.26 Å². The molecule has 0 aliphatic heterocycles. The highest BCUT2D eigenvalue weighted by atomic mass is 19.1. The Morgan fingerprint density at radius 1 is 1.26 bits per heavy atom. The van der Waals surface area contributed by atoms with Crippen LogP contribution in [0.1, 0.15) is 19.4 Å². The summed E-state index contributed by atoms with van der Waals surface area (Å²) in [6, 6.07) is 6.79. The van der Waals surface area contributed by atoms with Gasteiger partial charge in [0.25, 0.3) is 0 Å². The van der Waals surface area contributed by atoms with Crippen molar-refractivity contribution in [1.82, 2.24) is 4.90 Å². The van der Waals surface area contributed by atoms with Crippen LogP contribution in [-0.2, 0) is 0 Å². The van der Waals surface area contributed by atoms with Gasteiger partial charge in [-0.3, -0.25) is 0 Å². The lowest BCUT2D eigenvalue weighted by atomic mass is 10.1. The van der Waals surface area contributed by atoms with Gasteiger partial charge in [-0.05, 0) is 32.1 Å². The van der Waals surface area contributed by atoms with Crippen molar-refractivity contribution in [2.24, 2.45) is 5.92 Å². The molecular formula is C15H22FN3. The van der Waals surface area contributed by atoms with Gasteiger partial charge in [0.05, 0.1) is 5.69 Å². The van der Waals surface area contributed by atoms with E-state index in [1.54, 1.807) is 6.07 Å². The second-order valence-corrected chi connectivity index (χ2v) is 5.39. The molecule has 0 spiro atoms. The topological polar surface area (TPSA) is 30.3 Å². The molecule has 3 nitrogen and oxygen atoms in total. The van der Waals surface area contributed by atoms with Crippen LogP contribution in [0.2, 0.25) is 0 Å². The van der Waals surface area contributed by atoms with Crippen LogP contribution in [-0.4, -0.2) is 38.6 Å². The zero-order valence-corrected chi connectivity index (χ0v) is 12.2. The van der Waals surface area contributed by atoms with Gasteiger partial charge in [0.2, 0.25) is 0 Å². The summed E-state index contributed by atoms with van der Waals surface area (Å²) in [5.74, 6) is 0.00980. The lowest BCUT2D eigenvalue weighted by molar-refractivity contribution is 0.409. The fraction of sp³-hybridized carbons (Fsp3) is 0.533. The first-order valence-electron chi connectivity index (χ1n) is 6.54. The summed E-state index contributed by atoms with van der Waals surface area (Å²) < 4.78 is 13.7. The molecule has 1 aromatic carbocycles. The van der Waals surface area contributed by atoms with Gasteiger partial charge in [-0.15, -0.1) is 0 Å². The van der Waals surface area contributed by atoms with E-state index in [0.717, 1.165) is 19.6 Å². The number of halogens is 1. The van der Waals surface area contributed by atoms with Crippen LogP contribution in [0.15, 0.2) is 18.2 Å². The molecule has 0 amide bonds. The molecule has 0 N–H and O–H groups in total. The molecule has 1 aromatic rings. The van der Waals surface area contributed by atoms with Crippen molar-refractivity contribution < 1.29 is 4.39 Å². The number of anilines is 1.